The summed E-state index contributed by atoms with van der Waals surface area (Å²) in [7, 11) is 3.09. The molecule has 0 saturated heterocycles. The molecular weight excluding hydrogens is 332 g/mol. The fourth-order valence-electron chi connectivity index (χ4n) is 2.41. The Bertz CT molecular complexity index is 844. The molecule has 0 saturated carbocycles. The van der Waals surface area contributed by atoms with Crippen molar-refractivity contribution in [3.8, 4) is 11.5 Å². The molecular formula is C20H22N2O4. The summed E-state index contributed by atoms with van der Waals surface area (Å²) in [6.07, 6.45) is 3.10. The molecule has 0 heterocycles. The number of hydrogen-bond acceptors (Lipinski definition) is 4. The van der Waals surface area contributed by atoms with E-state index >= 15 is 0 Å². The maximum Gasteiger partial charge on any atom is 0.248 e. The molecule has 0 fully saturated rings. The lowest BCUT2D eigenvalue weighted by molar-refractivity contribution is -0.114. The number of ether oxygens (including phenoxy) is 2. The van der Waals surface area contributed by atoms with Gasteiger partial charge in [-0.1, -0.05) is 11.6 Å². The van der Waals surface area contributed by atoms with Crippen LogP contribution in [0.15, 0.2) is 42.5 Å². The van der Waals surface area contributed by atoms with Gasteiger partial charge >= 0.3 is 0 Å². The van der Waals surface area contributed by atoms with Gasteiger partial charge in [0.2, 0.25) is 11.8 Å². The van der Waals surface area contributed by atoms with Crippen molar-refractivity contribution in [2.45, 2.75) is 13.8 Å². The van der Waals surface area contributed by atoms with Gasteiger partial charge in [-0.05, 0) is 43.3 Å². The molecule has 2 rings (SSSR count). The molecule has 136 valence electrons. The molecule has 0 bridgehead atoms. The normalized spacial score (nSPS) is 10.5. The van der Waals surface area contributed by atoms with Crippen LogP contribution in [0.5, 0.6) is 11.5 Å². The van der Waals surface area contributed by atoms with Crippen LogP contribution in [0.1, 0.15) is 18.1 Å². The number of carbonyl (C=O) groups is 2. The summed E-state index contributed by atoms with van der Waals surface area (Å²) in [4.78, 5) is 23.5. The minimum Gasteiger partial charge on any atom is -0.496 e. The molecule has 0 radical (unpaired) electrons. The number of benzene rings is 2. The fourth-order valence-corrected chi connectivity index (χ4v) is 2.41. The molecule has 0 atom stereocenters. The topological polar surface area (TPSA) is 76.7 Å². The Morgan fingerprint density at radius 1 is 0.962 bits per heavy atom. The van der Waals surface area contributed by atoms with Crippen molar-refractivity contribution in [1.29, 1.82) is 0 Å². The second-order valence-electron chi connectivity index (χ2n) is 5.66. The highest BCUT2D eigenvalue weighted by Gasteiger charge is 2.08. The van der Waals surface area contributed by atoms with Crippen LogP contribution in [0, 0.1) is 6.92 Å². The van der Waals surface area contributed by atoms with Crippen molar-refractivity contribution >= 4 is 29.3 Å². The molecule has 0 spiro atoms. The first-order valence-corrected chi connectivity index (χ1v) is 8.02. The molecule has 0 aliphatic heterocycles. The van der Waals surface area contributed by atoms with E-state index in [0.717, 1.165) is 11.1 Å². The van der Waals surface area contributed by atoms with Gasteiger partial charge in [0.1, 0.15) is 11.5 Å². The van der Waals surface area contributed by atoms with E-state index in [-0.39, 0.29) is 11.8 Å². The van der Waals surface area contributed by atoms with Gasteiger partial charge in [-0.3, -0.25) is 9.59 Å². The summed E-state index contributed by atoms with van der Waals surface area (Å²) in [6.45, 7) is 3.38. The number of anilines is 2. The maximum absolute atomic E-state index is 12.3. The van der Waals surface area contributed by atoms with Crippen LogP contribution < -0.4 is 20.1 Å². The average molecular weight is 354 g/mol. The first-order chi connectivity index (χ1) is 12.4. The molecule has 2 N–H and O–H groups in total. The number of methoxy groups -OCH3 is 2. The van der Waals surface area contributed by atoms with Crippen LogP contribution >= 0.6 is 0 Å². The molecule has 0 aliphatic carbocycles. The summed E-state index contributed by atoms with van der Waals surface area (Å²) < 4.78 is 10.5. The monoisotopic (exact) mass is 354 g/mol. The van der Waals surface area contributed by atoms with Crippen LogP contribution in [0.2, 0.25) is 0 Å². The molecule has 0 aromatic heterocycles. The quantitative estimate of drug-likeness (QED) is 0.777. The van der Waals surface area contributed by atoms with Gasteiger partial charge in [-0.2, -0.15) is 0 Å². The number of hydrogen-bond donors (Lipinski definition) is 2. The molecule has 2 aromatic carbocycles. The standard InChI is InChI=1S/C20H22N2O4/c1-13-5-8-18(25-3)15(11-13)6-10-20(24)22-17-12-16(21-14(2)23)7-9-19(17)26-4/h5-12H,1-4H3,(H,21,23)(H,22,24)/b10-6+. The molecule has 26 heavy (non-hydrogen) atoms. The minimum atomic E-state index is -0.327. The fraction of sp³-hybridized carbons (Fsp3) is 0.200. The number of rotatable bonds is 6. The Hall–Kier alpha value is -3.28. The number of carbonyl (C=O) groups excluding carboxylic acids is 2. The van der Waals surface area contributed by atoms with Crippen molar-refractivity contribution in [2.75, 3.05) is 24.9 Å². The molecule has 0 aliphatic rings. The Labute approximate surface area is 152 Å². The first-order valence-electron chi connectivity index (χ1n) is 8.02. The van der Waals surface area contributed by atoms with Crippen LogP contribution in [-0.2, 0) is 9.59 Å². The predicted octanol–water partition coefficient (Wildman–Crippen LogP) is 3.62. The summed E-state index contributed by atoms with van der Waals surface area (Å²) in [6, 6.07) is 10.7. The second-order valence-corrected chi connectivity index (χ2v) is 5.66. The molecule has 2 aromatic rings. The van der Waals surface area contributed by atoms with Gasteiger partial charge in [0, 0.05) is 24.3 Å². The highest BCUT2D eigenvalue weighted by molar-refractivity contribution is 6.03. The highest BCUT2D eigenvalue weighted by Crippen LogP contribution is 2.28. The minimum absolute atomic E-state index is 0.195. The van der Waals surface area contributed by atoms with Crippen LogP contribution in [0.25, 0.3) is 6.08 Å². The third-order valence-electron chi connectivity index (χ3n) is 3.58. The van der Waals surface area contributed by atoms with Crippen molar-refractivity contribution in [1.82, 2.24) is 0 Å². The average Bonchev–Trinajstić information content (AvgIpc) is 2.60. The van der Waals surface area contributed by atoms with Crippen LogP contribution in [0.3, 0.4) is 0 Å². The van der Waals surface area contributed by atoms with E-state index < -0.39 is 0 Å². The number of amides is 2. The van der Waals surface area contributed by atoms with E-state index in [4.69, 9.17) is 9.47 Å². The van der Waals surface area contributed by atoms with Gasteiger partial charge < -0.3 is 20.1 Å². The smallest absolute Gasteiger partial charge is 0.248 e. The summed E-state index contributed by atoms with van der Waals surface area (Å²) >= 11 is 0. The number of aryl methyl sites for hydroxylation is 1. The zero-order chi connectivity index (χ0) is 19.1. The Kier molecular flexibility index (Phi) is 6.38. The summed E-state index contributed by atoms with van der Waals surface area (Å²) in [5, 5.41) is 5.42. The Morgan fingerprint density at radius 2 is 1.65 bits per heavy atom. The van der Waals surface area contributed by atoms with Crippen LogP contribution in [-0.4, -0.2) is 26.0 Å². The van der Waals surface area contributed by atoms with E-state index in [1.807, 2.05) is 25.1 Å². The predicted molar refractivity (Wildman–Crippen MR) is 103 cm³/mol. The molecule has 6 heteroatoms. The lowest BCUT2D eigenvalue weighted by Gasteiger charge is -2.11. The van der Waals surface area contributed by atoms with Crippen molar-refractivity contribution in [3.63, 3.8) is 0 Å². The largest absolute Gasteiger partial charge is 0.496 e. The van der Waals surface area contributed by atoms with Gasteiger partial charge in [0.25, 0.3) is 0 Å². The summed E-state index contributed by atoms with van der Waals surface area (Å²) in [5.74, 6) is 0.657. The third kappa shape index (κ3) is 5.11. The lowest BCUT2D eigenvalue weighted by atomic mass is 10.1. The molecule has 6 nitrogen and oxygen atoms in total. The van der Waals surface area contributed by atoms with E-state index in [9.17, 15) is 9.59 Å². The second kappa shape index (κ2) is 8.71. The zero-order valence-corrected chi connectivity index (χ0v) is 15.3. The molecule has 0 unspecified atom stereocenters. The van der Waals surface area contributed by atoms with Crippen molar-refractivity contribution in [2.24, 2.45) is 0 Å². The van der Waals surface area contributed by atoms with Crippen molar-refractivity contribution in [3.05, 3.63) is 53.6 Å². The zero-order valence-electron chi connectivity index (χ0n) is 15.3. The number of nitrogens with one attached hydrogen (secondary N) is 2. The third-order valence-corrected chi connectivity index (χ3v) is 3.58. The lowest BCUT2D eigenvalue weighted by Crippen LogP contribution is -2.11. The Morgan fingerprint density at radius 3 is 2.31 bits per heavy atom. The highest BCUT2D eigenvalue weighted by atomic mass is 16.5. The first kappa shape index (κ1) is 19.1. The van der Waals surface area contributed by atoms with Gasteiger partial charge in [0.15, 0.2) is 0 Å². The van der Waals surface area contributed by atoms with Crippen LogP contribution in [0.4, 0.5) is 11.4 Å². The SMILES string of the molecule is COc1ccc(C)cc1/C=C/C(=O)Nc1cc(NC(C)=O)ccc1OC. The van der Waals surface area contributed by atoms with E-state index in [1.54, 1.807) is 31.4 Å². The summed E-state index contributed by atoms with van der Waals surface area (Å²) in [5.41, 5.74) is 2.90. The van der Waals surface area contributed by atoms with E-state index in [2.05, 4.69) is 10.6 Å². The van der Waals surface area contributed by atoms with E-state index in [0.29, 0.717) is 22.9 Å². The molecule has 2 amide bonds. The van der Waals surface area contributed by atoms with Gasteiger partial charge in [-0.25, -0.2) is 0 Å². The Balaban J connectivity index is 2.19. The van der Waals surface area contributed by atoms with Gasteiger partial charge in [-0.15, -0.1) is 0 Å². The van der Waals surface area contributed by atoms with Crippen molar-refractivity contribution < 1.29 is 19.1 Å². The van der Waals surface area contributed by atoms with E-state index in [1.165, 1.54) is 20.1 Å². The van der Waals surface area contributed by atoms with Gasteiger partial charge in [0.05, 0.1) is 19.9 Å². The maximum atomic E-state index is 12.3.